The highest BCUT2D eigenvalue weighted by molar-refractivity contribution is 6.01. The van der Waals surface area contributed by atoms with Gasteiger partial charge in [-0.25, -0.2) is 9.78 Å². The highest BCUT2D eigenvalue weighted by atomic mass is 16.2. The Morgan fingerprint density at radius 3 is 2.44 bits per heavy atom. The molecule has 3 rings (SSSR count). The zero-order valence-corrected chi connectivity index (χ0v) is 15.6. The molecule has 6 heteroatoms. The first-order valence-corrected chi connectivity index (χ1v) is 8.80. The number of urea groups is 1. The predicted molar refractivity (Wildman–Crippen MR) is 108 cm³/mol. The molecule has 0 aliphatic rings. The van der Waals surface area contributed by atoms with Gasteiger partial charge in [0.25, 0.3) is 5.91 Å². The largest absolute Gasteiger partial charge is 0.355 e. The van der Waals surface area contributed by atoms with Gasteiger partial charge in [-0.2, -0.15) is 0 Å². The number of rotatable bonds is 4. The number of fused-ring (bicyclic) bond motifs is 1. The fraction of sp³-hybridized carbons (Fsp3) is 0.190. The molecule has 0 spiro atoms. The summed E-state index contributed by atoms with van der Waals surface area (Å²) in [5, 5.41) is 10.1. The summed E-state index contributed by atoms with van der Waals surface area (Å²) in [5.41, 5.74) is 3.72. The summed E-state index contributed by atoms with van der Waals surface area (Å²) in [6.45, 7) is 4.43. The minimum atomic E-state index is -0.284. The summed E-state index contributed by atoms with van der Waals surface area (Å²) in [6.07, 6.45) is 1.77. The van der Waals surface area contributed by atoms with Gasteiger partial charge in [0.15, 0.2) is 0 Å². The lowest BCUT2D eigenvalue weighted by Crippen LogP contribution is -2.28. The third kappa shape index (κ3) is 3.89. The van der Waals surface area contributed by atoms with Crippen molar-refractivity contribution in [3.8, 4) is 11.1 Å². The first-order chi connectivity index (χ1) is 13.0. The lowest BCUT2D eigenvalue weighted by atomic mass is 9.96. The lowest BCUT2D eigenvalue weighted by Gasteiger charge is -2.12. The van der Waals surface area contributed by atoms with Gasteiger partial charge in [0.05, 0.1) is 0 Å². The number of hydrogen-bond acceptors (Lipinski definition) is 3. The van der Waals surface area contributed by atoms with E-state index < -0.39 is 0 Å². The van der Waals surface area contributed by atoms with E-state index in [1.165, 1.54) is 0 Å². The molecule has 0 atom stereocenters. The minimum Gasteiger partial charge on any atom is -0.355 e. The Labute approximate surface area is 158 Å². The molecule has 2 aromatic carbocycles. The average molecular weight is 362 g/mol. The molecule has 0 unspecified atom stereocenters. The number of aryl methyl sites for hydroxylation is 1. The van der Waals surface area contributed by atoms with E-state index in [2.05, 4.69) is 20.9 Å². The molecule has 0 radical (unpaired) electrons. The second-order valence-electron chi connectivity index (χ2n) is 6.19. The number of anilines is 1. The number of carbonyl (C=O) groups is 2. The number of pyridine rings is 1. The molecule has 0 bridgehead atoms. The molecular formula is C21H22N4O2. The van der Waals surface area contributed by atoms with E-state index in [0.29, 0.717) is 17.9 Å². The fourth-order valence-corrected chi connectivity index (χ4v) is 2.97. The van der Waals surface area contributed by atoms with Gasteiger partial charge < -0.3 is 10.6 Å². The first-order valence-electron chi connectivity index (χ1n) is 8.80. The molecule has 3 N–H and O–H groups in total. The van der Waals surface area contributed by atoms with Crippen LogP contribution in [0.1, 0.15) is 22.8 Å². The molecule has 3 aromatic rings. The van der Waals surface area contributed by atoms with E-state index in [4.69, 9.17) is 0 Å². The summed E-state index contributed by atoms with van der Waals surface area (Å²) in [7, 11) is 1.61. The van der Waals surface area contributed by atoms with Crippen LogP contribution in [0.25, 0.3) is 21.9 Å². The van der Waals surface area contributed by atoms with Gasteiger partial charge in [-0.3, -0.25) is 10.1 Å². The molecule has 138 valence electrons. The van der Waals surface area contributed by atoms with Gasteiger partial charge in [0.1, 0.15) is 5.82 Å². The number of nitrogens with one attached hydrogen (secondary N) is 3. The molecule has 0 aliphatic carbocycles. The molecular weight excluding hydrogens is 340 g/mol. The van der Waals surface area contributed by atoms with E-state index in [9.17, 15) is 9.59 Å². The third-order valence-electron chi connectivity index (χ3n) is 4.38. The molecule has 6 nitrogen and oxygen atoms in total. The Morgan fingerprint density at radius 2 is 1.78 bits per heavy atom. The van der Waals surface area contributed by atoms with Crippen LogP contribution in [0.15, 0.2) is 48.7 Å². The number of nitrogens with zero attached hydrogens (tertiary/aromatic N) is 1. The third-order valence-corrected chi connectivity index (χ3v) is 4.38. The highest BCUT2D eigenvalue weighted by Gasteiger charge is 2.10. The van der Waals surface area contributed by atoms with E-state index >= 15 is 0 Å². The van der Waals surface area contributed by atoms with Gasteiger partial charge in [-0.15, -0.1) is 0 Å². The zero-order valence-electron chi connectivity index (χ0n) is 15.6. The molecule has 0 fully saturated rings. The standard InChI is InChI=1S/C21H22N4O2/c1-4-23-21(27)25-19-11-17-16(10-5-13(2)18(17)12-24-19)14-6-8-15(9-7-14)20(26)22-3/h5-12H,4H2,1-3H3,(H,22,26)(H2,23,24,25,27). The van der Waals surface area contributed by atoms with Crippen molar-refractivity contribution in [3.05, 3.63) is 59.8 Å². The Morgan fingerprint density at radius 1 is 1.04 bits per heavy atom. The monoisotopic (exact) mass is 362 g/mol. The predicted octanol–water partition coefficient (Wildman–Crippen LogP) is 3.71. The molecule has 0 saturated carbocycles. The van der Waals surface area contributed by atoms with Crippen LogP contribution < -0.4 is 16.0 Å². The number of aromatic nitrogens is 1. The summed E-state index contributed by atoms with van der Waals surface area (Å²) in [6, 6.07) is 13.1. The fourth-order valence-electron chi connectivity index (χ4n) is 2.97. The van der Waals surface area contributed by atoms with Gasteiger partial charge >= 0.3 is 6.03 Å². The smallest absolute Gasteiger partial charge is 0.320 e. The maximum atomic E-state index is 11.8. The first kappa shape index (κ1) is 18.4. The van der Waals surface area contributed by atoms with Crippen LogP contribution in [-0.2, 0) is 0 Å². The van der Waals surface area contributed by atoms with Crippen molar-refractivity contribution in [2.75, 3.05) is 18.9 Å². The van der Waals surface area contributed by atoms with Gasteiger partial charge in [-0.1, -0.05) is 24.3 Å². The number of carbonyl (C=O) groups excluding carboxylic acids is 2. The summed E-state index contributed by atoms with van der Waals surface area (Å²) >= 11 is 0. The van der Waals surface area contributed by atoms with Crippen LogP contribution in [-0.4, -0.2) is 30.5 Å². The van der Waals surface area contributed by atoms with Crippen molar-refractivity contribution >= 4 is 28.5 Å². The SMILES string of the molecule is CCNC(=O)Nc1cc2c(-c3ccc(C(=O)NC)cc3)ccc(C)c2cn1. The van der Waals surface area contributed by atoms with Crippen molar-refractivity contribution in [1.29, 1.82) is 0 Å². The molecule has 3 amide bonds. The Kier molecular flexibility index (Phi) is 5.35. The molecule has 1 heterocycles. The van der Waals surface area contributed by atoms with E-state index in [1.54, 1.807) is 25.4 Å². The summed E-state index contributed by atoms with van der Waals surface area (Å²) in [4.78, 5) is 27.9. The maximum Gasteiger partial charge on any atom is 0.320 e. The average Bonchev–Trinajstić information content (AvgIpc) is 2.68. The van der Waals surface area contributed by atoms with E-state index in [-0.39, 0.29) is 11.9 Å². The Bertz CT molecular complexity index is 997. The van der Waals surface area contributed by atoms with Crippen molar-refractivity contribution in [2.24, 2.45) is 0 Å². The second-order valence-corrected chi connectivity index (χ2v) is 6.19. The van der Waals surface area contributed by atoms with Crippen LogP contribution >= 0.6 is 0 Å². The molecule has 27 heavy (non-hydrogen) atoms. The number of amides is 3. The van der Waals surface area contributed by atoms with Crippen LogP contribution in [0.2, 0.25) is 0 Å². The quantitative estimate of drug-likeness (QED) is 0.661. The molecule has 0 saturated heterocycles. The van der Waals surface area contributed by atoms with Crippen LogP contribution in [0, 0.1) is 6.92 Å². The van der Waals surface area contributed by atoms with Gasteiger partial charge in [0.2, 0.25) is 0 Å². The Hall–Kier alpha value is -3.41. The van der Waals surface area contributed by atoms with Gasteiger partial charge in [0, 0.05) is 30.7 Å². The van der Waals surface area contributed by atoms with Gasteiger partial charge in [-0.05, 0) is 54.1 Å². The Balaban J connectivity index is 2.05. The van der Waals surface area contributed by atoms with Crippen molar-refractivity contribution in [1.82, 2.24) is 15.6 Å². The zero-order chi connectivity index (χ0) is 19.4. The maximum absolute atomic E-state index is 11.8. The molecule has 1 aromatic heterocycles. The van der Waals surface area contributed by atoms with Crippen LogP contribution in [0.4, 0.5) is 10.6 Å². The van der Waals surface area contributed by atoms with E-state index in [0.717, 1.165) is 27.5 Å². The number of hydrogen-bond donors (Lipinski definition) is 3. The van der Waals surface area contributed by atoms with E-state index in [1.807, 2.05) is 44.2 Å². The normalized spacial score (nSPS) is 10.5. The van der Waals surface area contributed by atoms with Crippen molar-refractivity contribution < 1.29 is 9.59 Å². The van der Waals surface area contributed by atoms with Crippen molar-refractivity contribution in [3.63, 3.8) is 0 Å². The topological polar surface area (TPSA) is 83.1 Å². The van der Waals surface area contributed by atoms with Crippen molar-refractivity contribution in [2.45, 2.75) is 13.8 Å². The lowest BCUT2D eigenvalue weighted by molar-refractivity contribution is 0.0963. The summed E-state index contributed by atoms with van der Waals surface area (Å²) < 4.78 is 0. The highest BCUT2D eigenvalue weighted by Crippen LogP contribution is 2.32. The van der Waals surface area contributed by atoms with Crippen LogP contribution in [0.5, 0.6) is 0 Å². The summed E-state index contributed by atoms with van der Waals surface area (Å²) in [5.74, 6) is 0.371. The minimum absolute atomic E-state index is 0.118. The molecule has 0 aliphatic heterocycles. The second kappa shape index (κ2) is 7.86. The van der Waals surface area contributed by atoms with Crippen LogP contribution in [0.3, 0.4) is 0 Å². The number of benzene rings is 2.